The highest BCUT2D eigenvalue weighted by Gasteiger charge is 2.28. The summed E-state index contributed by atoms with van der Waals surface area (Å²) in [4.78, 5) is 0.176. The quantitative estimate of drug-likeness (QED) is 0.733. The zero-order valence-corrected chi connectivity index (χ0v) is 13.6. The molecule has 0 unspecified atom stereocenters. The van der Waals surface area contributed by atoms with Crippen LogP contribution in [0.25, 0.3) is 0 Å². The van der Waals surface area contributed by atoms with E-state index in [1.165, 1.54) is 4.31 Å². The van der Waals surface area contributed by atoms with Gasteiger partial charge in [-0.2, -0.15) is 4.31 Å². The SMILES string of the molecule is CC(C)N(CCCBr)S(=O)(=O)c1ccccc1Cl. The second kappa shape index (κ2) is 6.89. The molecular weight excluding hydrogens is 338 g/mol. The van der Waals surface area contributed by atoms with Gasteiger partial charge in [0.25, 0.3) is 0 Å². The normalized spacial score (nSPS) is 12.3. The lowest BCUT2D eigenvalue weighted by molar-refractivity contribution is 0.355. The summed E-state index contributed by atoms with van der Waals surface area (Å²) in [5.41, 5.74) is 0. The molecule has 0 amide bonds. The Morgan fingerprint density at radius 3 is 2.44 bits per heavy atom. The van der Waals surface area contributed by atoms with Crippen molar-refractivity contribution in [2.75, 3.05) is 11.9 Å². The number of hydrogen-bond acceptors (Lipinski definition) is 2. The van der Waals surface area contributed by atoms with Crippen LogP contribution in [0.1, 0.15) is 20.3 Å². The van der Waals surface area contributed by atoms with E-state index in [0.717, 1.165) is 11.8 Å². The fourth-order valence-corrected chi connectivity index (χ4v) is 4.07. The average Bonchev–Trinajstić information content (AvgIpc) is 2.29. The lowest BCUT2D eigenvalue weighted by atomic mass is 10.4. The van der Waals surface area contributed by atoms with Gasteiger partial charge in [0.2, 0.25) is 10.0 Å². The molecular formula is C12H17BrClNO2S. The third-order valence-corrected chi connectivity index (χ3v) is 5.65. The largest absolute Gasteiger partial charge is 0.244 e. The van der Waals surface area contributed by atoms with E-state index in [9.17, 15) is 8.42 Å². The molecule has 0 radical (unpaired) electrons. The molecule has 0 fully saturated rings. The highest BCUT2D eigenvalue weighted by atomic mass is 79.9. The van der Waals surface area contributed by atoms with Gasteiger partial charge < -0.3 is 0 Å². The Morgan fingerprint density at radius 2 is 1.94 bits per heavy atom. The zero-order chi connectivity index (χ0) is 13.8. The minimum absolute atomic E-state index is 0.0923. The van der Waals surface area contributed by atoms with E-state index in [1.807, 2.05) is 13.8 Å². The van der Waals surface area contributed by atoms with Gasteiger partial charge in [-0.1, -0.05) is 39.7 Å². The molecule has 0 atom stereocenters. The lowest BCUT2D eigenvalue weighted by Crippen LogP contribution is -2.38. The van der Waals surface area contributed by atoms with Gasteiger partial charge in [0.1, 0.15) is 4.90 Å². The van der Waals surface area contributed by atoms with Gasteiger partial charge >= 0.3 is 0 Å². The predicted molar refractivity (Wildman–Crippen MR) is 78.9 cm³/mol. The Hall–Kier alpha value is -0.100. The topological polar surface area (TPSA) is 37.4 Å². The van der Waals surface area contributed by atoms with E-state index in [2.05, 4.69) is 15.9 Å². The van der Waals surface area contributed by atoms with E-state index in [4.69, 9.17) is 11.6 Å². The first-order valence-electron chi connectivity index (χ1n) is 5.73. The maximum Gasteiger partial charge on any atom is 0.244 e. The number of hydrogen-bond donors (Lipinski definition) is 0. The first-order chi connectivity index (χ1) is 8.41. The molecule has 1 rings (SSSR count). The Morgan fingerprint density at radius 1 is 1.33 bits per heavy atom. The standard InChI is InChI=1S/C12H17BrClNO2S/c1-10(2)15(9-5-8-13)18(16,17)12-7-4-3-6-11(12)14/h3-4,6-7,10H,5,8-9H2,1-2H3. The molecule has 1 aromatic rings. The molecule has 0 aliphatic carbocycles. The predicted octanol–water partition coefficient (Wildman–Crippen LogP) is 3.52. The van der Waals surface area contributed by atoms with Gasteiger partial charge in [-0.3, -0.25) is 0 Å². The number of benzene rings is 1. The second-order valence-corrected chi connectivity index (χ2v) is 7.24. The molecule has 0 N–H and O–H groups in total. The van der Waals surface area contributed by atoms with Gasteiger partial charge in [0.15, 0.2) is 0 Å². The minimum atomic E-state index is -3.52. The maximum absolute atomic E-state index is 12.5. The highest BCUT2D eigenvalue weighted by molar-refractivity contribution is 9.09. The summed E-state index contributed by atoms with van der Waals surface area (Å²) >= 11 is 9.29. The zero-order valence-electron chi connectivity index (χ0n) is 10.4. The lowest BCUT2D eigenvalue weighted by Gasteiger charge is -2.26. The van der Waals surface area contributed by atoms with Crippen LogP contribution in [0.5, 0.6) is 0 Å². The summed E-state index contributed by atoms with van der Waals surface area (Å²) in [6, 6.07) is 6.45. The van der Waals surface area contributed by atoms with Crippen molar-refractivity contribution >= 4 is 37.6 Å². The summed E-state index contributed by atoms with van der Waals surface area (Å²) in [5, 5.41) is 1.04. The third-order valence-electron chi connectivity index (χ3n) is 2.51. The van der Waals surface area contributed by atoms with Gasteiger partial charge in [0.05, 0.1) is 5.02 Å². The highest BCUT2D eigenvalue weighted by Crippen LogP contribution is 2.25. The average molecular weight is 355 g/mol. The van der Waals surface area contributed by atoms with E-state index < -0.39 is 10.0 Å². The van der Waals surface area contributed by atoms with Gasteiger partial charge in [0, 0.05) is 17.9 Å². The first kappa shape index (κ1) is 16.0. The number of nitrogens with zero attached hydrogens (tertiary/aromatic N) is 1. The van der Waals surface area contributed by atoms with Crippen LogP contribution >= 0.6 is 27.5 Å². The summed E-state index contributed by atoms with van der Waals surface area (Å²) in [6.45, 7) is 4.21. The van der Waals surface area contributed by atoms with E-state index in [-0.39, 0.29) is 16.0 Å². The van der Waals surface area contributed by atoms with Crippen LogP contribution < -0.4 is 0 Å². The molecule has 0 spiro atoms. The molecule has 0 aromatic heterocycles. The van der Waals surface area contributed by atoms with Crippen LogP contribution in [-0.2, 0) is 10.0 Å². The maximum atomic E-state index is 12.5. The molecule has 102 valence electrons. The van der Waals surface area contributed by atoms with E-state index >= 15 is 0 Å². The molecule has 18 heavy (non-hydrogen) atoms. The summed E-state index contributed by atoms with van der Waals surface area (Å²) in [6.07, 6.45) is 0.766. The van der Waals surface area contributed by atoms with Crippen molar-refractivity contribution < 1.29 is 8.42 Å². The fraction of sp³-hybridized carbons (Fsp3) is 0.500. The molecule has 0 heterocycles. The number of alkyl halides is 1. The third kappa shape index (κ3) is 3.70. The van der Waals surface area contributed by atoms with Crippen LogP contribution in [0.4, 0.5) is 0 Å². The summed E-state index contributed by atoms with van der Waals surface area (Å²) < 4.78 is 26.5. The number of halogens is 2. The van der Waals surface area contributed by atoms with Crippen molar-refractivity contribution in [1.82, 2.24) is 4.31 Å². The van der Waals surface area contributed by atoms with Crippen LogP contribution in [0.15, 0.2) is 29.2 Å². The summed E-state index contributed by atoms with van der Waals surface area (Å²) in [5.74, 6) is 0. The molecule has 1 aromatic carbocycles. The van der Waals surface area contributed by atoms with Crippen LogP contribution in [0.2, 0.25) is 5.02 Å². The number of sulfonamides is 1. The Balaban J connectivity index is 3.14. The van der Waals surface area contributed by atoms with E-state index in [1.54, 1.807) is 24.3 Å². The second-order valence-electron chi connectivity index (χ2n) is 4.18. The fourth-order valence-electron chi connectivity index (χ4n) is 1.65. The molecule has 6 heteroatoms. The van der Waals surface area contributed by atoms with Crippen molar-refractivity contribution in [3.63, 3.8) is 0 Å². The van der Waals surface area contributed by atoms with Gasteiger partial charge in [-0.15, -0.1) is 0 Å². The molecule has 0 saturated heterocycles. The van der Waals surface area contributed by atoms with Crippen LogP contribution in [0.3, 0.4) is 0 Å². The molecule has 3 nitrogen and oxygen atoms in total. The molecule has 0 saturated carbocycles. The van der Waals surface area contributed by atoms with Crippen molar-refractivity contribution in [2.45, 2.75) is 31.2 Å². The van der Waals surface area contributed by atoms with Gasteiger partial charge in [-0.25, -0.2) is 8.42 Å². The smallest absolute Gasteiger partial charge is 0.207 e. The van der Waals surface area contributed by atoms with E-state index in [0.29, 0.717) is 6.54 Å². The van der Waals surface area contributed by atoms with Crippen molar-refractivity contribution in [3.8, 4) is 0 Å². The van der Waals surface area contributed by atoms with Crippen LogP contribution in [-0.4, -0.2) is 30.6 Å². The summed E-state index contributed by atoms with van der Waals surface area (Å²) in [7, 11) is -3.52. The first-order valence-corrected chi connectivity index (χ1v) is 8.67. The van der Waals surface area contributed by atoms with Crippen LogP contribution in [0, 0.1) is 0 Å². The Kier molecular flexibility index (Phi) is 6.11. The Labute approximate surface area is 122 Å². The van der Waals surface area contributed by atoms with Crippen molar-refractivity contribution in [3.05, 3.63) is 29.3 Å². The molecule has 0 aliphatic heterocycles. The molecule has 0 bridgehead atoms. The monoisotopic (exact) mass is 353 g/mol. The van der Waals surface area contributed by atoms with Crippen molar-refractivity contribution in [1.29, 1.82) is 0 Å². The minimum Gasteiger partial charge on any atom is -0.207 e. The number of rotatable bonds is 6. The van der Waals surface area contributed by atoms with Gasteiger partial charge in [-0.05, 0) is 32.4 Å². The Bertz CT molecular complexity index is 491. The molecule has 0 aliphatic rings. The van der Waals surface area contributed by atoms with Crippen molar-refractivity contribution in [2.24, 2.45) is 0 Å².